The van der Waals surface area contributed by atoms with Crippen LogP contribution >= 0.6 is 0 Å². The summed E-state index contributed by atoms with van der Waals surface area (Å²) < 4.78 is 12.7. The first-order chi connectivity index (χ1) is 12.1. The van der Waals surface area contributed by atoms with Crippen LogP contribution in [-0.2, 0) is 9.53 Å². The SMILES string of the molecule is CCC[CH2][Sn](/[CH]=C1\CCCC1CC(=O)OCC)([CH2]CCC)[CH2]CCC. The second kappa shape index (κ2) is 13.2. The van der Waals surface area contributed by atoms with Gasteiger partial charge in [-0.25, -0.2) is 0 Å². The van der Waals surface area contributed by atoms with E-state index in [1.54, 1.807) is 5.57 Å². The van der Waals surface area contributed by atoms with Crippen LogP contribution in [-0.4, -0.2) is 31.0 Å². The van der Waals surface area contributed by atoms with E-state index in [2.05, 4.69) is 24.9 Å². The Morgan fingerprint density at radius 2 is 1.60 bits per heavy atom. The number of rotatable bonds is 13. The van der Waals surface area contributed by atoms with Crippen molar-refractivity contribution >= 4 is 24.3 Å². The maximum absolute atomic E-state index is 12.0. The van der Waals surface area contributed by atoms with E-state index in [0.29, 0.717) is 18.9 Å². The topological polar surface area (TPSA) is 26.3 Å². The number of carbonyl (C=O) groups excluding carboxylic acids is 1. The van der Waals surface area contributed by atoms with Gasteiger partial charge in [0.05, 0.1) is 0 Å². The van der Waals surface area contributed by atoms with Gasteiger partial charge in [0.25, 0.3) is 0 Å². The molecule has 0 amide bonds. The standard InChI is InChI=1S/C10H15O2.3C4H9.Sn/c1-3-12-10(11)7-9-6-4-5-8(9)2;3*1-3-4-2;/h2,9H,3-7H2,1H3;3*1,3-4H2,2H3;. The van der Waals surface area contributed by atoms with Crippen molar-refractivity contribution in [2.45, 2.75) is 105 Å². The Labute approximate surface area is 161 Å². The molecule has 2 nitrogen and oxygen atoms in total. The van der Waals surface area contributed by atoms with Crippen LogP contribution in [0, 0.1) is 5.92 Å². The number of hydrogen-bond acceptors (Lipinski definition) is 2. The summed E-state index contributed by atoms with van der Waals surface area (Å²) >= 11 is -2.23. The van der Waals surface area contributed by atoms with Crippen molar-refractivity contribution in [1.29, 1.82) is 0 Å². The molecule has 1 rings (SSSR count). The van der Waals surface area contributed by atoms with Gasteiger partial charge in [-0.2, -0.15) is 0 Å². The molecule has 3 heteroatoms. The number of hydrogen-bond donors (Lipinski definition) is 0. The minimum absolute atomic E-state index is 0.0109. The first-order valence-corrected chi connectivity index (χ1v) is 18.7. The zero-order valence-corrected chi connectivity index (χ0v) is 20.2. The summed E-state index contributed by atoms with van der Waals surface area (Å²) in [6.07, 6.45) is 12.5. The predicted molar refractivity (Wildman–Crippen MR) is 112 cm³/mol. The molecule has 0 aliphatic heterocycles. The van der Waals surface area contributed by atoms with E-state index in [1.807, 2.05) is 6.92 Å². The van der Waals surface area contributed by atoms with E-state index in [4.69, 9.17) is 4.74 Å². The van der Waals surface area contributed by atoms with Gasteiger partial charge in [-0.15, -0.1) is 0 Å². The molecule has 0 saturated heterocycles. The molecule has 0 aromatic rings. The normalized spacial score (nSPS) is 19.5. The second-order valence-electron chi connectivity index (χ2n) is 7.99. The third-order valence-corrected chi connectivity index (χ3v) is 20.2. The molecule has 1 saturated carbocycles. The Kier molecular flexibility index (Phi) is 12.2. The van der Waals surface area contributed by atoms with Gasteiger partial charge in [-0.3, -0.25) is 0 Å². The van der Waals surface area contributed by atoms with Gasteiger partial charge in [0.15, 0.2) is 0 Å². The predicted octanol–water partition coefficient (Wildman–Crippen LogP) is 7.05. The molecular formula is C22H42O2Sn. The summed E-state index contributed by atoms with van der Waals surface area (Å²) in [6.45, 7) is 9.43. The van der Waals surface area contributed by atoms with Crippen LogP contribution in [0.2, 0.25) is 13.3 Å². The maximum atomic E-state index is 12.0. The molecule has 25 heavy (non-hydrogen) atoms. The van der Waals surface area contributed by atoms with Crippen LogP contribution in [0.15, 0.2) is 9.67 Å². The molecule has 1 aliphatic rings. The first kappa shape index (κ1) is 23.0. The second-order valence-corrected chi connectivity index (χ2v) is 20.9. The summed E-state index contributed by atoms with van der Waals surface area (Å²) in [5.74, 6) is 0.497. The molecule has 1 unspecified atom stereocenters. The van der Waals surface area contributed by atoms with Gasteiger partial charge in [0.2, 0.25) is 0 Å². The van der Waals surface area contributed by atoms with Gasteiger partial charge in [-0.05, 0) is 0 Å². The zero-order chi connectivity index (χ0) is 18.5. The van der Waals surface area contributed by atoms with Crippen molar-refractivity contribution in [2.24, 2.45) is 5.92 Å². The summed E-state index contributed by atoms with van der Waals surface area (Å²) in [4.78, 5) is 12.0. The van der Waals surface area contributed by atoms with Crippen LogP contribution in [0.25, 0.3) is 0 Å². The molecule has 0 aromatic carbocycles. The van der Waals surface area contributed by atoms with Crippen molar-refractivity contribution in [2.75, 3.05) is 6.61 Å². The Balaban J connectivity index is 2.95. The van der Waals surface area contributed by atoms with Crippen LogP contribution in [0.1, 0.15) is 91.9 Å². The van der Waals surface area contributed by atoms with Crippen LogP contribution in [0.4, 0.5) is 0 Å². The molecule has 0 heterocycles. The number of allylic oxidation sites excluding steroid dienone is 1. The molecular weight excluding hydrogens is 415 g/mol. The zero-order valence-electron chi connectivity index (χ0n) is 17.4. The average Bonchev–Trinajstić information content (AvgIpc) is 3.02. The summed E-state index contributed by atoms with van der Waals surface area (Å²) in [5.41, 5.74) is 1.66. The summed E-state index contributed by atoms with van der Waals surface area (Å²) in [6, 6.07) is 0. The minimum atomic E-state index is -2.23. The monoisotopic (exact) mass is 458 g/mol. The fraction of sp³-hybridized carbons (Fsp3) is 0.864. The van der Waals surface area contributed by atoms with Crippen LogP contribution in [0.3, 0.4) is 0 Å². The molecule has 0 spiro atoms. The molecule has 1 fully saturated rings. The molecule has 0 radical (unpaired) electrons. The van der Waals surface area contributed by atoms with Gasteiger partial charge >= 0.3 is 161 Å². The van der Waals surface area contributed by atoms with Gasteiger partial charge in [0, 0.05) is 0 Å². The number of ether oxygens (including phenoxy) is 1. The van der Waals surface area contributed by atoms with Crippen LogP contribution < -0.4 is 0 Å². The van der Waals surface area contributed by atoms with Gasteiger partial charge in [-0.1, -0.05) is 0 Å². The van der Waals surface area contributed by atoms with E-state index in [1.165, 1.54) is 71.1 Å². The van der Waals surface area contributed by atoms with E-state index >= 15 is 0 Å². The summed E-state index contributed by atoms with van der Waals surface area (Å²) in [7, 11) is 0. The Morgan fingerprint density at radius 1 is 1.04 bits per heavy atom. The fourth-order valence-corrected chi connectivity index (χ4v) is 20.1. The van der Waals surface area contributed by atoms with Gasteiger partial charge < -0.3 is 0 Å². The number of esters is 1. The number of unbranched alkanes of at least 4 members (excludes halogenated alkanes) is 3. The van der Waals surface area contributed by atoms with Crippen molar-refractivity contribution in [1.82, 2.24) is 0 Å². The molecule has 0 bridgehead atoms. The third kappa shape index (κ3) is 8.49. The molecule has 1 atom stereocenters. The average molecular weight is 457 g/mol. The van der Waals surface area contributed by atoms with Crippen molar-refractivity contribution in [3.8, 4) is 0 Å². The van der Waals surface area contributed by atoms with E-state index in [9.17, 15) is 4.79 Å². The Bertz CT molecular complexity index is 381. The molecule has 0 aromatic heterocycles. The molecule has 146 valence electrons. The molecule has 1 aliphatic carbocycles. The van der Waals surface area contributed by atoms with Crippen molar-refractivity contribution < 1.29 is 9.53 Å². The quantitative estimate of drug-likeness (QED) is 0.219. The van der Waals surface area contributed by atoms with Crippen molar-refractivity contribution in [3.05, 3.63) is 9.67 Å². The van der Waals surface area contributed by atoms with E-state index < -0.39 is 18.4 Å². The van der Waals surface area contributed by atoms with E-state index in [-0.39, 0.29) is 5.97 Å². The van der Waals surface area contributed by atoms with Crippen molar-refractivity contribution in [3.63, 3.8) is 0 Å². The van der Waals surface area contributed by atoms with E-state index in [0.717, 1.165) is 0 Å². The van der Waals surface area contributed by atoms with Gasteiger partial charge in [0.1, 0.15) is 0 Å². The molecule has 0 N–H and O–H groups in total. The Hall–Kier alpha value is 0.00870. The fourth-order valence-electron chi connectivity index (χ4n) is 4.36. The third-order valence-electron chi connectivity index (χ3n) is 5.84. The number of carbonyl (C=O) groups is 1. The summed E-state index contributed by atoms with van der Waals surface area (Å²) in [5, 5.41) is 0. The Morgan fingerprint density at radius 3 is 2.08 bits per heavy atom. The van der Waals surface area contributed by atoms with Crippen LogP contribution in [0.5, 0.6) is 0 Å². The first-order valence-electron chi connectivity index (χ1n) is 11.0.